The minimum Gasteiger partial charge on any atom is -0.393 e. The van der Waals surface area contributed by atoms with E-state index < -0.39 is 0 Å². The zero-order chi connectivity index (χ0) is 11.2. The van der Waals surface area contributed by atoms with Gasteiger partial charge in [0.2, 0.25) is 0 Å². The summed E-state index contributed by atoms with van der Waals surface area (Å²) in [5.41, 5.74) is 0. The van der Waals surface area contributed by atoms with Crippen LogP contribution >= 0.6 is 0 Å². The summed E-state index contributed by atoms with van der Waals surface area (Å²) in [5, 5.41) is 13.2. The number of hydrogen-bond acceptors (Lipinski definition) is 2. The third-order valence-corrected chi connectivity index (χ3v) is 4.35. The van der Waals surface area contributed by atoms with E-state index in [1.165, 1.54) is 51.5 Å². The van der Waals surface area contributed by atoms with Gasteiger partial charge in [-0.2, -0.15) is 0 Å². The molecule has 0 saturated heterocycles. The zero-order valence-corrected chi connectivity index (χ0v) is 10.5. The molecule has 2 nitrogen and oxygen atoms in total. The largest absolute Gasteiger partial charge is 0.393 e. The summed E-state index contributed by atoms with van der Waals surface area (Å²) in [4.78, 5) is 0. The molecule has 2 aliphatic carbocycles. The minimum absolute atomic E-state index is 0.0183. The normalized spacial score (nSPS) is 32.8. The average Bonchev–Trinajstić information content (AvgIpc) is 2.30. The van der Waals surface area contributed by atoms with Gasteiger partial charge in [-0.3, -0.25) is 0 Å². The fourth-order valence-corrected chi connectivity index (χ4v) is 3.33. The molecule has 0 heterocycles. The van der Waals surface area contributed by atoms with E-state index in [1.807, 2.05) is 0 Å². The van der Waals surface area contributed by atoms with Crippen LogP contribution in [0.4, 0.5) is 0 Å². The number of rotatable bonds is 4. The molecule has 2 N–H and O–H groups in total. The van der Waals surface area contributed by atoms with Gasteiger partial charge in [0.05, 0.1) is 6.10 Å². The third-order valence-electron chi connectivity index (χ3n) is 4.35. The van der Waals surface area contributed by atoms with Crippen molar-refractivity contribution in [3.8, 4) is 0 Å². The van der Waals surface area contributed by atoms with E-state index in [0.29, 0.717) is 0 Å². The maximum Gasteiger partial charge on any atom is 0.0543 e. The van der Waals surface area contributed by atoms with Crippen molar-refractivity contribution in [1.82, 2.24) is 5.32 Å². The van der Waals surface area contributed by atoms with Crippen LogP contribution in [-0.2, 0) is 0 Å². The Balaban J connectivity index is 1.56. The topological polar surface area (TPSA) is 32.3 Å². The Labute approximate surface area is 99.8 Å². The van der Waals surface area contributed by atoms with Crippen LogP contribution in [0.1, 0.15) is 57.8 Å². The molecule has 0 bridgehead atoms. The van der Waals surface area contributed by atoms with E-state index in [4.69, 9.17) is 0 Å². The summed E-state index contributed by atoms with van der Waals surface area (Å²) in [7, 11) is 0. The number of aliphatic hydroxyl groups is 1. The first-order valence-electron chi connectivity index (χ1n) is 7.23. The summed E-state index contributed by atoms with van der Waals surface area (Å²) in [6.07, 6.45) is 11.8. The lowest BCUT2D eigenvalue weighted by Gasteiger charge is -2.27. The molecule has 0 amide bonds. The molecule has 0 aromatic heterocycles. The molecule has 2 atom stereocenters. The average molecular weight is 225 g/mol. The highest BCUT2D eigenvalue weighted by atomic mass is 16.3. The van der Waals surface area contributed by atoms with Gasteiger partial charge in [0.1, 0.15) is 0 Å². The Morgan fingerprint density at radius 1 is 0.812 bits per heavy atom. The summed E-state index contributed by atoms with van der Waals surface area (Å²) >= 11 is 0. The van der Waals surface area contributed by atoms with E-state index in [2.05, 4.69) is 5.32 Å². The van der Waals surface area contributed by atoms with E-state index in [9.17, 15) is 5.11 Å². The first-order chi connectivity index (χ1) is 7.84. The molecule has 0 aromatic rings. The Morgan fingerprint density at radius 3 is 2.25 bits per heavy atom. The standard InChI is InChI=1S/C14H27NO/c16-14-8-4-7-13(9-14)11-15-10-12-5-2-1-3-6-12/h12-16H,1-11H2. The highest BCUT2D eigenvalue weighted by Gasteiger charge is 2.20. The van der Waals surface area contributed by atoms with Crippen LogP contribution in [0.25, 0.3) is 0 Å². The van der Waals surface area contributed by atoms with Crippen molar-refractivity contribution in [2.45, 2.75) is 63.9 Å². The van der Waals surface area contributed by atoms with Crippen LogP contribution in [0.5, 0.6) is 0 Å². The van der Waals surface area contributed by atoms with Gasteiger partial charge in [0, 0.05) is 0 Å². The Morgan fingerprint density at radius 2 is 1.50 bits per heavy atom. The van der Waals surface area contributed by atoms with Crippen LogP contribution in [-0.4, -0.2) is 24.3 Å². The summed E-state index contributed by atoms with van der Waals surface area (Å²) in [6.45, 7) is 2.35. The van der Waals surface area contributed by atoms with Crippen LogP contribution in [0.15, 0.2) is 0 Å². The molecule has 2 heteroatoms. The van der Waals surface area contributed by atoms with Crippen molar-refractivity contribution in [3.63, 3.8) is 0 Å². The molecule has 2 rings (SSSR count). The Hall–Kier alpha value is -0.0800. The second-order valence-electron chi connectivity index (χ2n) is 5.85. The van der Waals surface area contributed by atoms with Gasteiger partial charge in [-0.05, 0) is 57.0 Å². The summed E-state index contributed by atoms with van der Waals surface area (Å²) in [5.74, 6) is 1.66. The number of nitrogens with one attached hydrogen (secondary N) is 1. The van der Waals surface area contributed by atoms with Crippen molar-refractivity contribution in [2.75, 3.05) is 13.1 Å². The van der Waals surface area contributed by atoms with Gasteiger partial charge in [-0.1, -0.05) is 25.7 Å². The molecule has 2 aliphatic rings. The minimum atomic E-state index is -0.0183. The van der Waals surface area contributed by atoms with Gasteiger partial charge in [0.15, 0.2) is 0 Å². The second-order valence-corrected chi connectivity index (χ2v) is 5.85. The summed E-state index contributed by atoms with van der Waals surface area (Å²) < 4.78 is 0. The smallest absolute Gasteiger partial charge is 0.0543 e. The van der Waals surface area contributed by atoms with E-state index >= 15 is 0 Å². The van der Waals surface area contributed by atoms with E-state index in [1.54, 1.807) is 0 Å². The maximum atomic E-state index is 9.60. The SMILES string of the molecule is OC1CCCC(CNCC2CCCCC2)C1. The van der Waals surface area contributed by atoms with Gasteiger partial charge in [0.25, 0.3) is 0 Å². The molecule has 0 aliphatic heterocycles. The van der Waals surface area contributed by atoms with Crippen LogP contribution in [0.3, 0.4) is 0 Å². The summed E-state index contributed by atoms with van der Waals surface area (Å²) in [6, 6.07) is 0. The number of hydrogen-bond donors (Lipinski definition) is 2. The lowest BCUT2D eigenvalue weighted by molar-refractivity contribution is 0.100. The highest BCUT2D eigenvalue weighted by molar-refractivity contribution is 4.75. The van der Waals surface area contributed by atoms with Gasteiger partial charge in [-0.15, -0.1) is 0 Å². The zero-order valence-electron chi connectivity index (χ0n) is 10.5. The fourth-order valence-electron chi connectivity index (χ4n) is 3.33. The first kappa shape index (κ1) is 12.4. The molecule has 16 heavy (non-hydrogen) atoms. The second kappa shape index (κ2) is 6.61. The van der Waals surface area contributed by atoms with Crippen LogP contribution in [0.2, 0.25) is 0 Å². The molecule has 2 unspecified atom stereocenters. The monoisotopic (exact) mass is 225 g/mol. The molecular weight excluding hydrogens is 198 g/mol. The molecule has 0 aromatic carbocycles. The molecule has 2 saturated carbocycles. The van der Waals surface area contributed by atoms with Crippen molar-refractivity contribution in [3.05, 3.63) is 0 Å². The lowest BCUT2D eigenvalue weighted by atomic mass is 9.86. The maximum absolute atomic E-state index is 9.60. The van der Waals surface area contributed by atoms with Gasteiger partial charge >= 0.3 is 0 Å². The predicted octanol–water partition coefficient (Wildman–Crippen LogP) is 2.71. The van der Waals surface area contributed by atoms with Gasteiger partial charge in [-0.25, -0.2) is 0 Å². The highest BCUT2D eigenvalue weighted by Crippen LogP contribution is 2.25. The molecule has 2 fully saturated rings. The van der Waals surface area contributed by atoms with Crippen molar-refractivity contribution in [2.24, 2.45) is 11.8 Å². The van der Waals surface area contributed by atoms with Crippen molar-refractivity contribution >= 4 is 0 Å². The van der Waals surface area contributed by atoms with E-state index in [-0.39, 0.29) is 6.10 Å². The molecule has 0 radical (unpaired) electrons. The van der Waals surface area contributed by atoms with Crippen LogP contribution < -0.4 is 5.32 Å². The predicted molar refractivity (Wildman–Crippen MR) is 67.4 cm³/mol. The molecule has 0 spiro atoms. The van der Waals surface area contributed by atoms with Crippen molar-refractivity contribution < 1.29 is 5.11 Å². The van der Waals surface area contributed by atoms with Gasteiger partial charge < -0.3 is 10.4 Å². The Kier molecular flexibility index (Phi) is 5.11. The lowest BCUT2D eigenvalue weighted by Crippen LogP contribution is -2.32. The quantitative estimate of drug-likeness (QED) is 0.771. The first-order valence-corrected chi connectivity index (χ1v) is 7.23. The van der Waals surface area contributed by atoms with Crippen LogP contribution in [0, 0.1) is 11.8 Å². The van der Waals surface area contributed by atoms with Crippen molar-refractivity contribution in [1.29, 1.82) is 0 Å². The fraction of sp³-hybridized carbons (Fsp3) is 1.00. The third kappa shape index (κ3) is 4.06. The number of aliphatic hydroxyl groups excluding tert-OH is 1. The van der Waals surface area contributed by atoms with E-state index in [0.717, 1.165) is 31.2 Å². The molecular formula is C14H27NO. The molecule has 94 valence electrons. The Bertz CT molecular complexity index is 189.